The zero-order valence-electron chi connectivity index (χ0n) is 15.6. The smallest absolute Gasteiger partial charge is 0.269 e. The van der Waals surface area contributed by atoms with Crippen LogP contribution in [-0.4, -0.2) is 24.4 Å². The Hall–Kier alpha value is -3.23. The molecule has 0 saturated heterocycles. The van der Waals surface area contributed by atoms with Crippen LogP contribution in [0.3, 0.4) is 0 Å². The van der Waals surface area contributed by atoms with Crippen molar-refractivity contribution in [1.29, 1.82) is 0 Å². The molecule has 0 amide bonds. The van der Waals surface area contributed by atoms with E-state index in [1.165, 1.54) is 34.6 Å². The summed E-state index contributed by atoms with van der Waals surface area (Å²) < 4.78 is 41.2. The molecule has 0 unspecified atom stereocenters. The first kappa shape index (κ1) is 19.1. The van der Waals surface area contributed by atoms with E-state index in [-0.39, 0.29) is 10.7 Å². The summed E-state index contributed by atoms with van der Waals surface area (Å²) in [5.41, 5.74) is 2.61. The molecule has 6 nitrogen and oxygen atoms in total. The Morgan fingerprint density at radius 3 is 2.62 bits per heavy atom. The largest absolute Gasteiger partial charge is 0.355 e. The number of pyridine rings is 1. The van der Waals surface area contributed by atoms with Gasteiger partial charge in [0.2, 0.25) is 0 Å². The number of hydrogen-bond acceptors (Lipinski definition) is 5. The Labute approximate surface area is 168 Å². The van der Waals surface area contributed by atoms with Gasteiger partial charge < -0.3 is 10.6 Å². The van der Waals surface area contributed by atoms with E-state index in [1.807, 2.05) is 12.1 Å². The Kier molecular flexibility index (Phi) is 5.04. The molecular formula is C21H19FN4O2S. The molecule has 148 valence electrons. The van der Waals surface area contributed by atoms with Crippen LogP contribution < -0.4 is 10.6 Å². The number of nitrogens with one attached hydrogen (secondary N) is 2. The standard InChI is InChI=1S/C21H19FN4O2S/c1-23-12-15-14-26(29(27,28)19-6-3-9-24-13-19)21-11-18(7-8-20(15)21)25-17-5-2-4-16(22)10-17/h2-11,13-14,23,25H,12H2,1H3. The van der Waals surface area contributed by atoms with Crippen molar-refractivity contribution < 1.29 is 12.8 Å². The number of halogens is 1. The van der Waals surface area contributed by atoms with Crippen LogP contribution in [0.25, 0.3) is 10.9 Å². The zero-order chi connectivity index (χ0) is 20.4. The minimum Gasteiger partial charge on any atom is -0.355 e. The van der Waals surface area contributed by atoms with Gasteiger partial charge in [-0.15, -0.1) is 0 Å². The minimum absolute atomic E-state index is 0.108. The number of hydrogen-bond donors (Lipinski definition) is 2. The quantitative estimate of drug-likeness (QED) is 0.505. The fourth-order valence-corrected chi connectivity index (χ4v) is 4.57. The van der Waals surface area contributed by atoms with E-state index in [0.717, 1.165) is 10.9 Å². The first-order valence-corrected chi connectivity index (χ1v) is 10.4. The number of nitrogens with zero attached hydrogens (tertiary/aromatic N) is 2. The number of anilines is 2. The van der Waals surface area contributed by atoms with Gasteiger partial charge in [-0.25, -0.2) is 16.8 Å². The normalized spacial score (nSPS) is 11.7. The summed E-state index contributed by atoms with van der Waals surface area (Å²) in [4.78, 5) is 4.04. The maximum Gasteiger partial charge on any atom is 0.269 e. The Bertz CT molecular complexity index is 1270. The molecule has 29 heavy (non-hydrogen) atoms. The van der Waals surface area contributed by atoms with Crippen molar-refractivity contribution in [2.45, 2.75) is 11.4 Å². The third kappa shape index (κ3) is 3.72. The second-order valence-corrected chi connectivity index (χ2v) is 8.36. The highest BCUT2D eigenvalue weighted by atomic mass is 32.2. The van der Waals surface area contributed by atoms with Gasteiger partial charge in [0, 0.05) is 41.9 Å². The number of rotatable bonds is 6. The summed E-state index contributed by atoms with van der Waals surface area (Å²) in [7, 11) is -2.02. The van der Waals surface area contributed by atoms with Crippen LogP contribution in [0.4, 0.5) is 15.8 Å². The molecule has 8 heteroatoms. The average Bonchev–Trinajstić information content (AvgIpc) is 3.08. The van der Waals surface area contributed by atoms with E-state index in [9.17, 15) is 12.8 Å². The summed E-state index contributed by atoms with van der Waals surface area (Å²) in [6, 6.07) is 14.6. The van der Waals surface area contributed by atoms with Crippen LogP contribution >= 0.6 is 0 Å². The molecule has 2 N–H and O–H groups in total. The Morgan fingerprint density at radius 2 is 1.90 bits per heavy atom. The van der Waals surface area contributed by atoms with Gasteiger partial charge in [-0.05, 0) is 55.1 Å². The molecule has 0 saturated carbocycles. The monoisotopic (exact) mass is 410 g/mol. The van der Waals surface area contributed by atoms with Crippen molar-refractivity contribution in [3.63, 3.8) is 0 Å². The summed E-state index contributed by atoms with van der Waals surface area (Å²) in [5, 5.41) is 7.00. The van der Waals surface area contributed by atoms with Crippen molar-refractivity contribution in [2.24, 2.45) is 0 Å². The Morgan fingerprint density at radius 1 is 1.07 bits per heavy atom. The lowest BCUT2D eigenvalue weighted by molar-refractivity contribution is 0.588. The second kappa shape index (κ2) is 7.65. The zero-order valence-corrected chi connectivity index (χ0v) is 16.4. The maximum atomic E-state index is 13.5. The number of aromatic nitrogens is 2. The fourth-order valence-electron chi connectivity index (χ4n) is 3.22. The molecule has 2 aromatic carbocycles. The molecule has 4 rings (SSSR count). The van der Waals surface area contributed by atoms with E-state index >= 15 is 0 Å². The summed E-state index contributed by atoms with van der Waals surface area (Å²) in [6.45, 7) is 0.517. The maximum absolute atomic E-state index is 13.5. The van der Waals surface area contributed by atoms with Gasteiger partial charge >= 0.3 is 0 Å². The highest BCUT2D eigenvalue weighted by molar-refractivity contribution is 7.90. The summed E-state index contributed by atoms with van der Waals surface area (Å²) >= 11 is 0. The predicted molar refractivity (Wildman–Crippen MR) is 111 cm³/mol. The van der Waals surface area contributed by atoms with Gasteiger partial charge in [0.25, 0.3) is 10.0 Å². The molecule has 2 heterocycles. The molecular weight excluding hydrogens is 391 g/mol. The van der Waals surface area contributed by atoms with Crippen molar-refractivity contribution in [3.8, 4) is 0 Å². The van der Waals surface area contributed by atoms with Crippen molar-refractivity contribution in [2.75, 3.05) is 12.4 Å². The molecule has 0 aliphatic rings. The summed E-state index contributed by atoms with van der Waals surface area (Å²) in [6.07, 6.45) is 4.48. The van der Waals surface area contributed by atoms with Crippen LogP contribution in [-0.2, 0) is 16.6 Å². The van der Waals surface area contributed by atoms with Gasteiger partial charge in [-0.3, -0.25) is 4.98 Å². The van der Waals surface area contributed by atoms with Gasteiger partial charge in [-0.1, -0.05) is 12.1 Å². The number of fused-ring (bicyclic) bond motifs is 1. The molecule has 0 bridgehead atoms. The lowest BCUT2D eigenvalue weighted by Gasteiger charge is -2.10. The molecule has 4 aromatic rings. The Balaban J connectivity index is 1.85. The van der Waals surface area contributed by atoms with E-state index in [1.54, 1.807) is 37.5 Å². The average molecular weight is 410 g/mol. The van der Waals surface area contributed by atoms with Crippen LogP contribution in [0.15, 0.2) is 78.1 Å². The van der Waals surface area contributed by atoms with E-state index in [0.29, 0.717) is 23.4 Å². The highest BCUT2D eigenvalue weighted by Gasteiger charge is 2.21. The molecule has 0 spiro atoms. The lowest BCUT2D eigenvalue weighted by Crippen LogP contribution is -2.12. The SMILES string of the molecule is CNCc1cn(S(=O)(=O)c2cccnc2)c2cc(Nc3cccc(F)c3)ccc12. The molecule has 2 aromatic heterocycles. The van der Waals surface area contributed by atoms with E-state index < -0.39 is 10.0 Å². The fraction of sp³-hybridized carbons (Fsp3) is 0.0952. The van der Waals surface area contributed by atoms with Crippen LogP contribution in [0.2, 0.25) is 0 Å². The van der Waals surface area contributed by atoms with E-state index in [4.69, 9.17) is 0 Å². The van der Waals surface area contributed by atoms with Crippen molar-refractivity contribution in [1.82, 2.24) is 14.3 Å². The predicted octanol–water partition coefficient (Wildman–Crippen LogP) is 3.88. The molecule has 0 atom stereocenters. The van der Waals surface area contributed by atoms with Crippen molar-refractivity contribution in [3.05, 3.63) is 84.6 Å². The van der Waals surface area contributed by atoms with Gasteiger partial charge in [0.1, 0.15) is 10.7 Å². The van der Waals surface area contributed by atoms with Crippen LogP contribution in [0, 0.1) is 5.82 Å². The van der Waals surface area contributed by atoms with Crippen LogP contribution in [0.1, 0.15) is 5.56 Å². The minimum atomic E-state index is -3.82. The first-order chi connectivity index (χ1) is 14.0. The van der Waals surface area contributed by atoms with E-state index in [2.05, 4.69) is 15.6 Å². The molecule has 0 radical (unpaired) electrons. The third-order valence-electron chi connectivity index (χ3n) is 4.53. The summed E-state index contributed by atoms with van der Waals surface area (Å²) in [5.74, 6) is -0.352. The van der Waals surface area contributed by atoms with Crippen LogP contribution in [0.5, 0.6) is 0 Å². The van der Waals surface area contributed by atoms with Gasteiger partial charge in [-0.2, -0.15) is 0 Å². The lowest BCUT2D eigenvalue weighted by atomic mass is 10.1. The van der Waals surface area contributed by atoms with Gasteiger partial charge in [0.15, 0.2) is 0 Å². The second-order valence-electron chi connectivity index (χ2n) is 6.54. The number of benzene rings is 2. The molecule has 0 aliphatic carbocycles. The third-order valence-corrected chi connectivity index (χ3v) is 6.18. The highest BCUT2D eigenvalue weighted by Crippen LogP contribution is 2.29. The topological polar surface area (TPSA) is 76.0 Å². The molecule has 0 aliphatic heterocycles. The first-order valence-electron chi connectivity index (χ1n) is 8.96. The van der Waals surface area contributed by atoms with Gasteiger partial charge in [0.05, 0.1) is 5.52 Å². The van der Waals surface area contributed by atoms with Crippen molar-refractivity contribution >= 4 is 32.3 Å². The molecule has 0 fully saturated rings.